The van der Waals surface area contributed by atoms with Crippen LogP contribution in [0.5, 0.6) is 0 Å². The van der Waals surface area contributed by atoms with Crippen LogP contribution in [0.2, 0.25) is 0 Å². The van der Waals surface area contributed by atoms with E-state index in [0.29, 0.717) is 35.8 Å². The molecule has 0 radical (unpaired) electrons. The molecule has 1 aliphatic rings. The van der Waals surface area contributed by atoms with Crippen molar-refractivity contribution < 1.29 is 19.2 Å². The number of carbonyl (C=O) groups is 2. The minimum Gasteiger partial charge on any atom is -0.481 e. The minimum absolute atomic E-state index is 0.0394. The van der Waals surface area contributed by atoms with Gasteiger partial charge in [-0.2, -0.15) is 4.98 Å². The van der Waals surface area contributed by atoms with Gasteiger partial charge in [0.2, 0.25) is 11.7 Å². The van der Waals surface area contributed by atoms with Crippen LogP contribution in [-0.2, 0) is 10.2 Å². The average Bonchev–Trinajstić information content (AvgIpc) is 3.29. The van der Waals surface area contributed by atoms with Crippen LogP contribution < -0.4 is 5.32 Å². The van der Waals surface area contributed by atoms with E-state index in [2.05, 4.69) is 36.2 Å². The average molecular weight is 448 g/mol. The highest BCUT2D eigenvalue weighted by Gasteiger charge is 2.29. The van der Waals surface area contributed by atoms with Crippen molar-refractivity contribution in [3.8, 4) is 11.4 Å². The highest BCUT2D eigenvalue weighted by molar-refractivity contribution is 6.04. The number of aromatic nitrogens is 2. The van der Waals surface area contributed by atoms with E-state index in [-0.39, 0.29) is 23.2 Å². The molecular weight excluding hydrogens is 418 g/mol. The van der Waals surface area contributed by atoms with Gasteiger partial charge in [0.25, 0.3) is 5.91 Å². The third kappa shape index (κ3) is 5.30. The molecule has 0 bridgehead atoms. The number of anilines is 1. The molecule has 0 spiro atoms. The number of carboxylic acids is 1. The summed E-state index contributed by atoms with van der Waals surface area (Å²) in [5.41, 5.74) is 3.29. The number of nitrogens with one attached hydrogen (secondary N) is 1. The van der Waals surface area contributed by atoms with Crippen LogP contribution in [0.1, 0.15) is 74.2 Å². The summed E-state index contributed by atoms with van der Waals surface area (Å²) in [4.78, 5) is 28.2. The Morgan fingerprint density at radius 3 is 2.18 bits per heavy atom. The SMILES string of the molecule is CC(C)(C)c1ccc(C(=O)Nc2ccc(-c3noc(C4CCC(C(=O)O)CC4)n3)cc2)cc1. The fraction of sp³-hybridized carbons (Fsp3) is 0.385. The predicted molar refractivity (Wildman–Crippen MR) is 125 cm³/mol. The highest BCUT2D eigenvalue weighted by Crippen LogP contribution is 2.35. The van der Waals surface area contributed by atoms with Crippen molar-refractivity contribution in [2.75, 3.05) is 5.32 Å². The van der Waals surface area contributed by atoms with E-state index < -0.39 is 5.97 Å². The molecule has 0 saturated heterocycles. The Morgan fingerprint density at radius 2 is 1.61 bits per heavy atom. The van der Waals surface area contributed by atoms with Crippen LogP contribution >= 0.6 is 0 Å². The number of hydrogen-bond donors (Lipinski definition) is 2. The van der Waals surface area contributed by atoms with Crippen molar-refractivity contribution in [3.05, 3.63) is 65.5 Å². The summed E-state index contributed by atoms with van der Waals surface area (Å²) in [5.74, 6) is -0.0189. The monoisotopic (exact) mass is 447 g/mol. The fourth-order valence-electron chi connectivity index (χ4n) is 4.13. The van der Waals surface area contributed by atoms with Crippen LogP contribution in [0.15, 0.2) is 53.1 Å². The first kappa shape index (κ1) is 22.7. The van der Waals surface area contributed by atoms with Crippen LogP contribution in [0.3, 0.4) is 0 Å². The molecule has 1 heterocycles. The predicted octanol–water partition coefficient (Wildman–Crippen LogP) is 5.64. The summed E-state index contributed by atoms with van der Waals surface area (Å²) in [5, 5.41) is 16.2. The van der Waals surface area contributed by atoms with Crippen molar-refractivity contribution in [2.45, 2.75) is 57.8 Å². The van der Waals surface area contributed by atoms with Crippen molar-refractivity contribution in [3.63, 3.8) is 0 Å². The number of carbonyl (C=O) groups excluding carboxylic acids is 1. The molecule has 1 fully saturated rings. The van der Waals surface area contributed by atoms with Gasteiger partial charge in [-0.15, -0.1) is 0 Å². The zero-order valence-electron chi connectivity index (χ0n) is 19.2. The molecule has 0 atom stereocenters. The molecule has 1 aromatic heterocycles. The quantitative estimate of drug-likeness (QED) is 0.524. The summed E-state index contributed by atoms with van der Waals surface area (Å²) in [6.45, 7) is 6.42. The lowest BCUT2D eigenvalue weighted by Gasteiger charge is -2.23. The summed E-state index contributed by atoms with van der Waals surface area (Å²) < 4.78 is 5.46. The maximum absolute atomic E-state index is 12.6. The Labute approximate surface area is 193 Å². The number of carboxylic acid groups (broad SMARTS) is 1. The second-order valence-corrected chi connectivity index (χ2v) is 9.70. The van der Waals surface area contributed by atoms with Gasteiger partial charge < -0.3 is 14.9 Å². The largest absolute Gasteiger partial charge is 0.481 e. The van der Waals surface area contributed by atoms with Gasteiger partial charge in [-0.25, -0.2) is 0 Å². The van der Waals surface area contributed by atoms with Gasteiger partial charge in [0, 0.05) is 22.7 Å². The molecule has 0 unspecified atom stereocenters. The molecule has 0 aliphatic heterocycles. The summed E-state index contributed by atoms with van der Waals surface area (Å²) >= 11 is 0. The zero-order valence-corrected chi connectivity index (χ0v) is 19.2. The van der Waals surface area contributed by atoms with E-state index in [4.69, 9.17) is 9.63 Å². The van der Waals surface area contributed by atoms with Gasteiger partial charge in [0.15, 0.2) is 0 Å². The Hall–Kier alpha value is -3.48. The van der Waals surface area contributed by atoms with Crippen molar-refractivity contribution in [2.24, 2.45) is 5.92 Å². The molecule has 2 aromatic carbocycles. The van der Waals surface area contributed by atoms with Gasteiger partial charge in [-0.05, 0) is 73.1 Å². The standard InChI is InChI=1S/C26H29N3O4/c1-26(2,3)20-12-8-17(9-13-20)23(30)27-21-14-10-16(11-15-21)22-28-24(33-29-22)18-4-6-19(7-5-18)25(31)32/h8-15,18-19H,4-7H2,1-3H3,(H,27,30)(H,31,32). The molecule has 1 aliphatic carbocycles. The summed E-state index contributed by atoms with van der Waals surface area (Å²) in [7, 11) is 0. The molecule has 1 saturated carbocycles. The van der Waals surface area contributed by atoms with Gasteiger partial charge in [0.05, 0.1) is 5.92 Å². The number of benzene rings is 2. The molecule has 172 valence electrons. The van der Waals surface area contributed by atoms with E-state index >= 15 is 0 Å². The molecule has 2 N–H and O–H groups in total. The normalized spacial score (nSPS) is 18.6. The third-order valence-electron chi connectivity index (χ3n) is 6.28. The first-order valence-corrected chi connectivity index (χ1v) is 11.3. The van der Waals surface area contributed by atoms with Crippen molar-refractivity contribution in [1.29, 1.82) is 0 Å². The minimum atomic E-state index is -0.728. The smallest absolute Gasteiger partial charge is 0.306 e. The number of aliphatic carboxylic acids is 1. The van der Waals surface area contributed by atoms with E-state index in [1.807, 2.05) is 48.5 Å². The Balaban J connectivity index is 1.38. The van der Waals surface area contributed by atoms with Crippen LogP contribution in [0.25, 0.3) is 11.4 Å². The number of rotatable bonds is 5. The first-order valence-electron chi connectivity index (χ1n) is 11.3. The lowest BCUT2D eigenvalue weighted by molar-refractivity contribution is -0.142. The highest BCUT2D eigenvalue weighted by atomic mass is 16.5. The van der Waals surface area contributed by atoms with E-state index in [1.54, 1.807) is 0 Å². The van der Waals surface area contributed by atoms with Crippen LogP contribution in [0, 0.1) is 5.92 Å². The van der Waals surface area contributed by atoms with E-state index in [9.17, 15) is 9.59 Å². The summed E-state index contributed by atoms with van der Waals surface area (Å²) in [6, 6.07) is 15.0. The third-order valence-corrected chi connectivity index (χ3v) is 6.28. The first-order chi connectivity index (χ1) is 15.7. The molecule has 1 amide bonds. The van der Waals surface area contributed by atoms with Crippen molar-refractivity contribution in [1.82, 2.24) is 10.1 Å². The second-order valence-electron chi connectivity index (χ2n) is 9.70. The maximum Gasteiger partial charge on any atom is 0.306 e. The topological polar surface area (TPSA) is 105 Å². The lowest BCUT2D eigenvalue weighted by Crippen LogP contribution is -2.20. The van der Waals surface area contributed by atoms with E-state index in [1.165, 1.54) is 5.56 Å². The fourth-order valence-corrected chi connectivity index (χ4v) is 4.13. The molecule has 33 heavy (non-hydrogen) atoms. The lowest BCUT2D eigenvalue weighted by atomic mass is 9.82. The van der Waals surface area contributed by atoms with Crippen LogP contribution in [-0.4, -0.2) is 27.1 Å². The van der Waals surface area contributed by atoms with Gasteiger partial charge in [0.1, 0.15) is 0 Å². The number of hydrogen-bond acceptors (Lipinski definition) is 5. The molecule has 7 nitrogen and oxygen atoms in total. The summed E-state index contributed by atoms with van der Waals surface area (Å²) in [6.07, 6.45) is 2.73. The molecule has 3 aromatic rings. The number of nitrogens with zero attached hydrogens (tertiary/aromatic N) is 2. The Morgan fingerprint density at radius 1 is 0.970 bits per heavy atom. The Bertz CT molecular complexity index is 1120. The van der Waals surface area contributed by atoms with Gasteiger partial charge in [-0.3, -0.25) is 9.59 Å². The van der Waals surface area contributed by atoms with Gasteiger partial charge >= 0.3 is 5.97 Å². The second kappa shape index (κ2) is 9.17. The maximum atomic E-state index is 12.6. The van der Waals surface area contributed by atoms with Crippen LogP contribution in [0.4, 0.5) is 5.69 Å². The number of amides is 1. The van der Waals surface area contributed by atoms with Crippen molar-refractivity contribution >= 4 is 17.6 Å². The van der Waals surface area contributed by atoms with Gasteiger partial charge in [-0.1, -0.05) is 38.1 Å². The van der Waals surface area contributed by atoms with E-state index in [0.717, 1.165) is 18.4 Å². The zero-order chi connectivity index (χ0) is 23.6. The molecule has 7 heteroatoms. The Kier molecular flexibility index (Phi) is 6.31. The molecular formula is C26H29N3O4. The molecule has 4 rings (SSSR count).